The van der Waals surface area contributed by atoms with Gasteiger partial charge in [0, 0.05) is 60.2 Å². The Morgan fingerprint density at radius 3 is 2.49 bits per heavy atom. The van der Waals surface area contributed by atoms with Crippen LogP contribution in [-0.4, -0.2) is 74.7 Å². The SMILES string of the molecule is COC(=O)c1cc(OC)ccc1N=[N+]=[N-].Cc1cc(=O)[nH]c2ccc(NC(=O)c3cc(CN4CCOCC4)ccc3N3CCCC3=O)cc12. The molecule has 1 aromatic heterocycles. The van der Waals surface area contributed by atoms with Crippen molar-refractivity contribution in [2.45, 2.75) is 26.3 Å². The molecule has 6 rings (SSSR count). The number of benzene rings is 3. The largest absolute Gasteiger partial charge is 0.497 e. The van der Waals surface area contributed by atoms with E-state index in [2.05, 4.69) is 30.0 Å². The average molecular weight is 668 g/mol. The van der Waals surface area contributed by atoms with Crippen LogP contribution in [0, 0.1) is 6.92 Å². The van der Waals surface area contributed by atoms with Crippen molar-refractivity contribution in [1.29, 1.82) is 0 Å². The van der Waals surface area contributed by atoms with Crippen LogP contribution in [-0.2, 0) is 20.8 Å². The Morgan fingerprint density at radius 1 is 1.00 bits per heavy atom. The monoisotopic (exact) mass is 667 g/mol. The van der Waals surface area contributed by atoms with Crippen LogP contribution in [0.1, 0.15) is 44.7 Å². The van der Waals surface area contributed by atoms with Gasteiger partial charge in [0.25, 0.3) is 5.91 Å². The van der Waals surface area contributed by atoms with Gasteiger partial charge in [-0.05, 0) is 78.5 Å². The van der Waals surface area contributed by atoms with Crippen molar-refractivity contribution >= 4 is 45.7 Å². The van der Waals surface area contributed by atoms with Crippen LogP contribution in [0.5, 0.6) is 5.75 Å². The van der Waals surface area contributed by atoms with Crippen molar-refractivity contribution < 1.29 is 28.6 Å². The number of rotatable bonds is 8. The van der Waals surface area contributed by atoms with Crippen molar-refractivity contribution in [3.05, 3.63) is 104 Å². The van der Waals surface area contributed by atoms with Gasteiger partial charge in [-0.1, -0.05) is 11.2 Å². The molecule has 4 aromatic rings. The van der Waals surface area contributed by atoms with Gasteiger partial charge in [-0.3, -0.25) is 19.3 Å². The molecule has 0 aliphatic carbocycles. The number of morpholine rings is 1. The minimum atomic E-state index is -0.573. The number of azide groups is 1. The van der Waals surface area contributed by atoms with Crippen LogP contribution < -0.4 is 20.5 Å². The third-order valence-corrected chi connectivity index (χ3v) is 8.25. The molecule has 2 aliphatic rings. The van der Waals surface area contributed by atoms with E-state index in [1.54, 1.807) is 29.2 Å². The number of nitrogens with one attached hydrogen (secondary N) is 2. The maximum Gasteiger partial charge on any atom is 0.338 e. The van der Waals surface area contributed by atoms with E-state index in [4.69, 9.17) is 15.0 Å². The summed E-state index contributed by atoms with van der Waals surface area (Å²) in [5.41, 5.74) is 12.9. The molecule has 0 atom stereocenters. The van der Waals surface area contributed by atoms with Crippen LogP contribution in [0.3, 0.4) is 0 Å². The highest BCUT2D eigenvalue weighted by Gasteiger charge is 2.26. The first-order chi connectivity index (χ1) is 23.7. The fourth-order valence-corrected chi connectivity index (χ4v) is 5.77. The van der Waals surface area contributed by atoms with E-state index in [-0.39, 0.29) is 28.6 Å². The Morgan fingerprint density at radius 2 is 1.80 bits per heavy atom. The van der Waals surface area contributed by atoms with Crippen LogP contribution in [0.15, 0.2) is 70.6 Å². The predicted octanol–water partition coefficient (Wildman–Crippen LogP) is 5.47. The number of hydrogen-bond acceptors (Lipinski definition) is 9. The summed E-state index contributed by atoms with van der Waals surface area (Å²) in [5.74, 6) is -0.302. The summed E-state index contributed by atoms with van der Waals surface area (Å²) in [6.45, 7) is 6.33. The molecule has 0 radical (unpaired) electrons. The summed E-state index contributed by atoms with van der Waals surface area (Å²) >= 11 is 0. The van der Waals surface area contributed by atoms with Gasteiger partial charge < -0.3 is 29.4 Å². The number of amides is 2. The highest BCUT2D eigenvalue weighted by Crippen LogP contribution is 2.29. The van der Waals surface area contributed by atoms with Crippen LogP contribution >= 0.6 is 0 Å². The van der Waals surface area contributed by atoms with E-state index in [1.165, 1.54) is 26.4 Å². The predicted molar refractivity (Wildman–Crippen MR) is 185 cm³/mol. The zero-order valence-electron chi connectivity index (χ0n) is 27.5. The molecule has 0 spiro atoms. The second-order valence-electron chi connectivity index (χ2n) is 11.5. The summed E-state index contributed by atoms with van der Waals surface area (Å²) in [6.07, 6.45) is 1.29. The van der Waals surface area contributed by atoms with Crippen molar-refractivity contribution in [3.63, 3.8) is 0 Å². The number of aromatic nitrogens is 1. The molecule has 2 N–H and O–H groups in total. The second-order valence-corrected chi connectivity index (χ2v) is 11.5. The summed E-state index contributed by atoms with van der Waals surface area (Å²) < 4.78 is 14.9. The number of pyridine rings is 1. The molecule has 3 heterocycles. The topological polar surface area (TPSA) is 179 Å². The van der Waals surface area contributed by atoms with Gasteiger partial charge in [0.05, 0.1) is 49.9 Å². The zero-order valence-corrected chi connectivity index (χ0v) is 27.5. The summed E-state index contributed by atoms with van der Waals surface area (Å²) in [4.78, 5) is 58.4. The molecule has 0 unspecified atom stereocenters. The Kier molecular flexibility index (Phi) is 11.3. The van der Waals surface area contributed by atoms with Gasteiger partial charge >= 0.3 is 5.97 Å². The highest BCUT2D eigenvalue weighted by atomic mass is 16.5. The number of nitrogens with zero attached hydrogens (tertiary/aromatic N) is 5. The lowest BCUT2D eigenvalue weighted by Crippen LogP contribution is -2.35. The Hall–Kier alpha value is -5.69. The molecule has 49 heavy (non-hydrogen) atoms. The van der Waals surface area contributed by atoms with Crippen LogP contribution in [0.25, 0.3) is 21.3 Å². The van der Waals surface area contributed by atoms with Crippen LogP contribution in [0.2, 0.25) is 0 Å². The van der Waals surface area contributed by atoms with Gasteiger partial charge in [0.15, 0.2) is 0 Å². The first kappa shape index (κ1) is 34.6. The number of aromatic amines is 1. The summed E-state index contributed by atoms with van der Waals surface area (Å²) in [6, 6.07) is 17.3. The number of hydrogen-bond donors (Lipinski definition) is 2. The van der Waals surface area contributed by atoms with Gasteiger partial charge in [-0.2, -0.15) is 0 Å². The van der Waals surface area contributed by atoms with Crippen LogP contribution in [0.4, 0.5) is 17.1 Å². The lowest BCUT2D eigenvalue weighted by atomic mass is 10.1. The molecule has 2 amide bonds. The van der Waals surface area contributed by atoms with Gasteiger partial charge in [-0.25, -0.2) is 4.79 Å². The number of carbonyl (C=O) groups excluding carboxylic acids is 3. The number of H-pyrrole nitrogens is 1. The normalized spacial score (nSPS) is 14.4. The maximum atomic E-state index is 13.5. The van der Waals surface area contributed by atoms with Crippen molar-refractivity contribution in [2.24, 2.45) is 5.11 Å². The first-order valence-electron chi connectivity index (χ1n) is 15.7. The highest BCUT2D eigenvalue weighted by molar-refractivity contribution is 6.11. The molecule has 14 heteroatoms. The molecule has 0 bridgehead atoms. The molecule has 0 saturated carbocycles. The number of ether oxygens (including phenoxy) is 3. The second kappa shape index (κ2) is 15.9. The third kappa shape index (κ3) is 8.43. The number of esters is 1. The van der Waals surface area contributed by atoms with E-state index in [1.807, 2.05) is 31.2 Å². The summed E-state index contributed by atoms with van der Waals surface area (Å²) in [7, 11) is 2.73. The molecular formula is C35H37N7O7. The lowest BCUT2D eigenvalue weighted by molar-refractivity contribution is -0.117. The quantitative estimate of drug-likeness (QED) is 0.107. The van der Waals surface area contributed by atoms with E-state index >= 15 is 0 Å². The van der Waals surface area contributed by atoms with Crippen molar-refractivity contribution in [3.8, 4) is 5.75 Å². The van der Waals surface area contributed by atoms with Gasteiger partial charge in [0.2, 0.25) is 11.5 Å². The van der Waals surface area contributed by atoms with E-state index in [9.17, 15) is 19.2 Å². The molecule has 2 aliphatic heterocycles. The number of carbonyl (C=O) groups is 3. The first-order valence-corrected chi connectivity index (χ1v) is 15.7. The smallest absolute Gasteiger partial charge is 0.338 e. The fraction of sp³-hybridized carbons (Fsp3) is 0.314. The number of fused-ring (bicyclic) bond motifs is 1. The third-order valence-electron chi connectivity index (χ3n) is 8.25. The van der Waals surface area contributed by atoms with E-state index in [0.29, 0.717) is 48.9 Å². The number of aryl methyl sites for hydroxylation is 1. The van der Waals surface area contributed by atoms with Crippen molar-refractivity contribution in [1.82, 2.24) is 9.88 Å². The Labute approximate surface area is 282 Å². The zero-order chi connectivity index (χ0) is 34.9. The molecular weight excluding hydrogens is 630 g/mol. The fourth-order valence-electron chi connectivity index (χ4n) is 5.77. The maximum absolute atomic E-state index is 13.5. The number of methoxy groups -OCH3 is 2. The molecule has 3 aromatic carbocycles. The number of anilines is 2. The minimum absolute atomic E-state index is 0.0419. The Balaban J connectivity index is 0.000000263. The van der Waals surface area contributed by atoms with E-state index in [0.717, 1.165) is 48.1 Å². The molecule has 254 valence electrons. The van der Waals surface area contributed by atoms with Gasteiger partial charge in [-0.15, -0.1) is 0 Å². The molecule has 2 saturated heterocycles. The lowest BCUT2D eigenvalue weighted by Gasteiger charge is -2.27. The minimum Gasteiger partial charge on any atom is -0.497 e. The Bertz CT molecular complexity index is 1980. The molecule has 14 nitrogen and oxygen atoms in total. The van der Waals surface area contributed by atoms with Gasteiger partial charge in [0.1, 0.15) is 5.75 Å². The summed E-state index contributed by atoms with van der Waals surface area (Å²) in [5, 5.41) is 7.24. The standard InChI is InChI=1S/C26H28N4O4.C9H9N3O3/c1-17-13-24(31)28-22-6-5-19(15-20(17)22)27-26(33)21-14-18(16-29-9-11-34-12-10-29)4-7-23(21)30-8-2-3-25(30)32;1-14-6-3-4-8(11-12-10)7(5-6)9(13)15-2/h4-7,13-15H,2-3,8-12,16H2,1H3,(H,27,33)(H,28,31);3-5H,1-2H3. The molecule has 2 fully saturated rings. The average Bonchev–Trinajstić information content (AvgIpc) is 3.54. The van der Waals surface area contributed by atoms with E-state index < -0.39 is 5.97 Å². The van der Waals surface area contributed by atoms with Crippen molar-refractivity contribution in [2.75, 3.05) is 57.3 Å².